The lowest BCUT2D eigenvalue weighted by Gasteiger charge is -2.19. The summed E-state index contributed by atoms with van der Waals surface area (Å²) in [6, 6.07) is 13.2. The highest BCUT2D eigenvalue weighted by Crippen LogP contribution is 2.34. The van der Waals surface area contributed by atoms with Gasteiger partial charge in [0.25, 0.3) is 0 Å². The zero-order valence-electron chi connectivity index (χ0n) is 17.4. The van der Waals surface area contributed by atoms with Gasteiger partial charge in [0.15, 0.2) is 0 Å². The number of likely N-dealkylation sites (N-methyl/N-ethyl adjacent to an activating group) is 1. The first-order chi connectivity index (χ1) is 14.8. The Bertz CT molecular complexity index is 1020. The smallest absolute Gasteiger partial charge is 0.324 e. The molecule has 0 aliphatic carbocycles. The van der Waals surface area contributed by atoms with E-state index in [0.29, 0.717) is 13.1 Å². The van der Waals surface area contributed by atoms with Crippen molar-refractivity contribution in [3.8, 4) is 10.6 Å². The number of amides is 1. The quantitative estimate of drug-likeness (QED) is 0.471. The minimum absolute atomic E-state index is 0.0270. The van der Waals surface area contributed by atoms with Crippen LogP contribution in [0.2, 0.25) is 0 Å². The third kappa shape index (κ3) is 6.15. The minimum Gasteiger partial charge on any atom is -0.324 e. The lowest BCUT2D eigenvalue weighted by atomic mass is 10.1. The van der Waals surface area contributed by atoms with Gasteiger partial charge >= 0.3 is 6.18 Å². The highest BCUT2D eigenvalue weighted by atomic mass is 32.1. The number of anilines is 1. The number of carbonyl (C=O) groups is 1. The van der Waals surface area contributed by atoms with E-state index in [4.69, 9.17) is 0 Å². The number of hydrogen-bond acceptors (Lipinski definition) is 4. The van der Waals surface area contributed by atoms with Crippen LogP contribution in [0, 0.1) is 0 Å². The Hall–Kier alpha value is -2.71. The van der Waals surface area contributed by atoms with Crippen molar-refractivity contribution in [1.82, 2.24) is 9.88 Å². The summed E-state index contributed by atoms with van der Waals surface area (Å²) in [6.07, 6.45) is -3.55. The Morgan fingerprint density at radius 3 is 2.45 bits per heavy atom. The number of nitrogens with one attached hydrogen (secondary N) is 1. The molecule has 0 bridgehead atoms. The topological polar surface area (TPSA) is 45.2 Å². The average Bonchev–Trinajstić information content (AvgIpc) is 3.21. The Balaban J connectivity index is 1.63. The van der Waals surface area contributed by atoms with Crippen LogP contribution in [-0.4, -0.2) is 28.9 Å². The molecule has 0 atom stereocenters. The third-order valence-electron chi connectivity index (χ3n) is 4.87. The van der Waals surface area contributed by atoms with Crippen molar-refractivity contribution >= 4 is 22.9 Å². The number of aryl methyl sites for hydroxylation is 1. The number of carbonyl (C=O) groups excluding carboxylic acids is 1. The summed E-state index contributed by atoms with van der Waals surface area (Å²) in [5.74, 6) is -0.496. The number of halogens is 3. The van der Waals surface area contributed by atoms with Gasteiger partial charge in [0.05, 0.1) is 23.5 Å². The number of rotatable bonds is 8. The van der Waals surface area contributed by atoms with Gasteiger partial charge in [-0.3, -0.25) is 9.69 Å². The van der Waals surface area contributed by atoms with Gasteiger partial charge in [0, 0.05) is 17.5 Å². The van der Waals surface area contributed by atoms with Crippen LogP contribution < -0.4 is 5.32 Å². The number of hydrogen-bond donors (Lipinski definition) is 1. The van der Waals surface area contributed by atoms with Gasteiger partial charge < -0.3 is 5.32 Å². The van der Waals surface area contributed by atoms with Crippen LogP contribution in [0.4, 0.5) is 18.9 Å². The summed E-state index contributed by atoms with van der Waals surface area (Å²) < 4.78 is 39.4. The van der Waals surface area contributed by atoms with Crippen molar-refractivity contribution in [3.63, 3.8) is 0 Å². The Labute approximate surface area is 183 Å². The monoisotopic (exact) mass is 447 g/mol. The van der Waals surface area contributed by atoms with Crippen molar-refractivity contribution in [2.24, 2.45) is 0 Å². The number of alkyl halides is 3. The summed E-state index contributed by atoms with van der Waals surface area (Å²) in [4.78, 5) is 18.9. The van der Waals surface area contributed by atoms with Crippen molar-refractivity contribution in [2.75, 3.05) is 18.4 Å². The predicted molar refractivity (Wildman–Crippen MR) is 118 cm³/mol. The Morgan fingerprint density at radius 1 is 1.10 bits per heavy atom. The molecule has 1 heterocycles. The molecular formula is C23H24F3N3OS. The average molecular weight is 448 g/mol. The maximum absolute atomic E-state index is 13.1. The summed E-state index contributed by atoms with van der Waals surface area (Å²) in [6.45, 7) is 4.98. The van der Waals surface area contributed by atoms with Crippen LogP contribution >= 0.6 is 11.3 Å². The van der Waals surface area contributed by atoms with E-state index >= 15 is 0 Å². The van der Waals surface area contributed by atoms with E-state index in [1.54, 1.807) is 0 Å². The molecule has 0 radical (unpaired) electrons. The van der Waals surface area contributed by atoms with Gasteiger partial charge in [-0.25, -0.2) is 4.98 Å². The molecule has 0 aliphatic rings. The van der Waals surface area contributed by atoms with Crippen LogP contribution in [0.25, 0.3) is 10.6 Å². The summed E-state index contributed by atoms with van der Waals surface area (Å²) in [5.41, 5.74) is 2.03. The molecule has 164 valence electrons. The fraction of sp³-hybridized carbons (Fsp3) is 0.304. The van der Waals surface area contributed by atoms with E-state index in [1.807, 2.05) is 29.3 Å². The maximum Gasteiger partial charge on any atom is 0.418 e. The molecule has 8 heteroatoms. The number of thiazole rings is 1. The maximum atomic E-state index is 13.1. The summed E-state index contributed by atoms with van der Waals surface area (Å²) in [5, 5.41) is 5.24. The zero-order valence-corrected chi connectivity index (χ0v) is 18.2. The Kier molecular flexibility index (Phi) is 7.46. The second kappa shape index (κ2) is 10.1. The van der Waals surface area contributed by atoms with Crippen molar-refractivity contribution in [3.05, 3.63) is 70.7 Å². The van der Waals surface area contributed by atoms with E-state index in [-0.39, 0.29) is 12.2 Å². The number of benzene rings is 2. The molecule has 0 unspecified atom stereocenters. The van der Waals surface area contributed by atoms with Crippen molar-refractivity contribution in [1.29, 1.82) is 0 Å². The van der Waals surface area contributed by atoms with Crippen molar-refractivity contribution < 1.29 is 18.0 Å². The molecule has 1 amide bonds. The first-order valence-corrected chi connectivity index (χ1v) is 10.9. The van der Waals surface area contributed by atoms with E-state index in [2.05, 4.69) is 29.4 Å². The van der Waals surface area contributed by atoms with Gasteiger partial charge in [0.1, 0.15) is 5.01 Å². The van der Waals surface area contributed by atoms with Crippen LogP contribution in [0.1, 0.15) is 30.7 Å². The molecule has 0 saturated carbocycles. The summed E-state index contributed by atoms with van der Waals surface area (Å²) >= 11 is 1.53. The third-order valence-corrected chi connectivity index (χ3v) is 5.81. The van der Waals surface area contributed by atoms with Crippen molar-refractivity contribution in [2.45, 2.75) is 33.0 Å². The number of aromatic nitrogens is 1. The van der Waals surface area contributed by atoms with E-state index in [0.717, 1.165) is 28.8 Å². The van der Waals surface area contributed by atoms with Gasteiger partial charge in [0.2, 0.25) is 5.91 Å². The van der Waals surface area contributed by atoms with Crippen LogP contribution in [0.5, 0.6) is 0 Å². The molecule has 0 aliphatic heterocycles. The molecule has 2 aromatic carbocycles. The van der Waals surface area contributed by atoms with Crippen LogP contribution in [-0.2, 0) is 23.9 Å². The van der Waals surface area contributed by atoms with E-state index in [9.17, 15) is 18.0 Å². The number of para-hydroxylation sites is 1. The highest BCUT2D eigenvalue weighted by molar-refractivity contribution is 7.13. The lowest BCUT2D eigenvalue weighted by molar-refractivity contribution is -0.137. The highest BCUT2D eigenvalue weighted by Gasteiger charge is 2.33. The minimum atomic E-state index is -4.53. The molecule has 3 aromatic rings. The molecule has 1 aromatic heterocycles. The largest absolute Gasteiger partial charge is 0.418 e. The first kappa shape index (κ1) is 23.0. The van der Waals surface area contributed by atoms with Gasteiger partial charge in [-0.1, -0.05) is 50.2 Å². The molecule has 4 nitrogen and oxygen atoms in total. The lowest BCUT2D eigenvalue weighted by Crippen LogP contribution is -2.33. The van der Waals surface area contributed by atoms with Gasteiger partial charge in [-0.05, 0) is 30.7 Å². The van der Waals surface area contributed by atoms with E-state index in [1.165, 1.54) is 35.1 Å². The van der Waals surface area contributed by atoms with Crippen LogP contribution in [0.3, 0.4) is 0 Å². The van der Waals surface area contributed by atoms with Crippen LogP contribution in [0.15, 0.2) is 53.9 Å². The molecular weight excluding hydrogens is 423 g/mol. The molecule has 0 spiro atoms. The standard InChI is InChI=1S/C23H24F3N3OS/c1-3-16-9-11-17(12-10-16)22-27-18(15-31-22)13-29(4-2)14-21(30)28-20-8-6-5-7-19(20)23(24,25)26/h5-12,15H,3-4,13-14H2,1-2H3,(H,28,30). The molecule has 0 saturated heterocycles. The molecule has 3 rings (SSSR count). The predicted octanol–water partition coefficient (Wildman–Crippen LogP) is 5.85. The fourth-order valence-corrected chi connectivity index (χ4v) is 3.95. The SMILES string of the molecule is CCc1ccc(-c2nc(CN(CC)CC(=O)Nc3ccccc3C(F)(F)F)cs2)cc1. The Morgan fingerprint density at radius 2 is 1.81 bits per heavy atom. The van der Waals surface area contributed by atoms with Gasteiger partial charge in [-0.2, -0.15) is 13.2 Å². The second-order valence-electron chi connectivity index (χ2n) is 7.09. The molecule has 0 fully saturated rings. The van der Waals surface area contributed by atoms with Gasteiger partial charge in [-0.15, -0.1) is 11.3 Å². The fourth-order valence-electron chi connectivity index (χ4n) is 3.14. The summed E-state index contributed by atoms with van der Waals surface area (Å²) in [7, 11) is 0. The zero-order chi connectivity index (χ0) is 22.4. The van der Waals surface area contributed by atoms with E-state index < -0.39 is 17.6 Å². The molecule has 1 N–H and O–H groups in total. The number of nitrogens with zero attached hydrogens (tertiary/aromatic N) is 2. The molecule has 31 heavy (non-hydrogen) atoms. The second-order valence-corrected chi connectivity index (χ2v) is 7.95. The normalized spacial score (nSPS) is 11.7. The first-order valence-electron chi connectivity index (χ1n) is 10.0.